The highest BCUT2D eigenvalue weighted by Crippen LogP contribution is 2.29. The van der Waals surface area contributed by atoms with Gasteiger partial charge in [0.1, 0.15) is 5.82 Å². The molecule has 3 heteroatoms. The van der Waals surface area contributed by atoms with Gasteiger partial charge in [-0.05, 0) is 55.5 Å². The molecule has 0 aromatic heterocycles. The monoisotopic (exact) mass is 291 g/mol. The third kappa shape index (κ3) is 3.02. The van der Waals surface area contributed by atoms with E-state index in [0.29, 0.717) is 6.42 Å². The number of benzene rings is 2. The molecule has 0 fully saturated rings. The zero-order valence-electron chi connectivity index (χ0n) is 12.0. The van der Waals surface area contributed by atoms with E-state index in [-0.39, 0.29) is 5.02 Å². The van der Waals surface area contributed by atoms with Crippen molar-refractivity contribution in [3.63, 3.8) is 0 Å². The molecule has 0 aliphatic heterocycles. The molecule has 0 saturated carbocycles. The first kappa shape index (κ1) is 15.0. The third-order valence-electron chi connectivity index (χ3n) is 3.76. The van der Waals surface area contributed by atoms with Crippen molar-refractivity contribution in [2.24, 2.45) is 5.73 Å². The van der Waals surface area contributed by atoms with Gasteiger partial charge < -0.3 is 5.73 Å². The minimum absolute atomic E-state index is 0.160. The van der Waals surface area contributed by atoms with E-state index in [0.717, 1.165) is 11.1 Å². The fraction of sp³-hybridized carbons (Fsp3) is 0.294. The molecule has 2 aromatic carbocycles. The second-order valence-electron chi connectivity index (χ2n) is 5.61. The molecular weight excluding hydrogens is 273 g/mol. The molecule has 0 radical (unpaired) electrons. The highest BCUT2D eigenvalue weighted by Gasteiger charge is 2.24. The lowest BCUT2D eigenvalue weighted by molar-refractivity contribution is 0.489. The average molecular weight is 292 g/mol. The molecule has 1 nitrogen and oxygen atoms in total. The van der Waals surface area contributed by atoms with Crippen molar-refractivity contribution in [2.45, 2.75) is 32.7 Å². The van der Waals surface area contributed by atoms with Gasteiger partial charge in [-0.1, -0.05) is 41.9 Å². The first-order valence-corrected chi connectivity index (χ1v) is 6.98. The lowest BCUT2D eigenvalue weighted by Gasteiger charge is -2.26. The van der Waals surface area contributed by atoms with Crippen LogP contribution in [0.2, 0.25) is 5.02 Å². The Hall–Kier alpha value is -1.38. The summed E-state index contributed by atoms with van der Waals surface area (Å²) in [6.07, 6.45) is 0.492. The molecule has 2 aromatic rings. The molecule has 1 unspecified atom stereocenters. The summed E-state index contributed by atoms with van der Waals surface area (Å²) in [5.41, 5.74) is 10.0. The van der Waals surface area contributed by atoms with Gasteiger partial charge in [-0.25, -0.2) is 4.39 Å². The standard InChI is InChI=1S/C17H19ClFN/c1-11-7-8-14(9-12(11)2)17(3,20)10-13-5-4-6-15(19)16(13)18/h4-9H,10,20H2,1-3H3. The van der Waals surface area contributed by atoms with Crippen molar-refractivity contribution < 1.29 is 4.39 Å². The predicted molar refractivity (Wildman–Crippen MR) is 82.6 cm³/mol. The second-order valence-corrected chi connectivity index (χ2v) is 5.98. The van der Waals surface area contributed by atoms with Gasteiger partial charge in [-0.3, -0.25) is 0 Å². The van der Waals surface area contributed by atoms with Crippen molar-refractivity contribution >= 4 is 11.6 Å². The molecule has 20 heavy (non-hydrogen) atoms. The van der Waals surface area contributed by atoms with Crippen molar-refractivity contribution in [2.75, 3.05) is 0 Å². The molecule has 2 N–H and O–H groups in total. The van der Waals surface area contributed by atoms with Gasteiger partial charge in [-0.2, -0.15) is 0 Å². The number of hydrogen-bond acceptors (Lipinski definition) is 1. The summed E-state index contributed by atoms with van der Waals surface area (Å²) in [6.45, 7) is 6.07. The maximum Gasteiger partial charge on any atom is 0.142 e. The van der Waals surface area contributed by atoms with Crippen LogP contribution in [0.4, 0.5) is 4.39 Å². The fourth-order valence-corrected chi connectivity index (χ4v) is 2.47. The summed E-state index contributed by atoms with van der Waals surface area (Å²) >= 11 is 6.01. The zero-order chi connectivity index (χ0) is 14.9. The second kappa shape index (κ2) is 5.55. The molecule has 2 rings (SSSR count). The molecule has 0 amide bonds. The summed E-state index contributed by atoms with van der Waals surface area (Å²) in [5, 5.41) is 0.160. The van der Waals surface area contributed by atoms with Crippen molar-refractivity contribution in [3.8, 4) is 0 Å². The van der Waals surface area contributed by atoms with E-state index in [4.69, 9.17) is 17.3 Å². The van der Waals surface area contributed by atoms with Gasteiger partial charge in [-0.15, -0.1) is 0 Å². The van der Waals surface area contributed by atoms with Crippen LogP contribution < -0.4 is 5.73 Å². The maximum absolute atomic E-state index is 13.5. The summed E-state index contributed by atoms with van der Waals surface area (Å²) in [6, 6.07) is 11.0. The SMILES string of the molecule is Cc1ccc(C(C)(N)Cc2cccc(F)c2Cl)cc1C. The number of nitrogens with two attached hydrogens (primary N) is 1. The van der Waals surface area contributed by atoms with E-state index in [1.807, 2.05) is 19.1 Å². The fourth-order valence-electron chi connectivity index (χ4n) is 2.28. The molecule has 0 saturated heterocycles. The van der Waals surface area contributed by atoms with Crippen LogP contribution in [0.3, 0.4) is 0 Å². The van der Waals surface area contributed by atoms with Crippen molar-refractivity contribution in [1.29, 1.82) is 0 Å². The van der Waals surface area contributed by atoms with Crippen LogP contribution in [0.15, 0.2) is 36.4 Å². The van der Waals surface area contributed by atoms with Gasteiger partial charge in [0.05, 0.1) is 5.02 Å². The van der Waals surface area contributed by atoms with E-state index in [9.17, 15) is 4.39 Å². The Kier molecular flexibility index (Phi) is 4.17. The molecule has 0 heterocycles. The lowest BCUT2D eigenvalue weighted by atomic mass is 9.85. The van der Waals surface area contributed by atoms with Crippen LogP contribution in [0.1, 0.15) is 29.2 Å². The average Bonchev–Trinajstić information content (AvgIpc) is 2.38. The molecule has 1 atom stereocenters. The van der Waals surface area contributed by atoms with Crippen molar-refractivity contribution in [3.05, 3.63) is 69.5 Å². The Morgan fingerprint density at radius 1 is 1.15 bits per heavy atom. The van der Waals surface area contributed by atoms with E-state index in [1.165, 1.54) is 17.2 Å². The highest BCUT2D eigenvalue weighted by molar-refractivity contribution is 6.31. The maximum atomic E-state index is 13.5. The molecule has 0 spiro atoms. The summed E-state index contributed by atoms with van der Waals surface area (Å²) in [4.78, 5) is 0. The first-order valence-electron chi connectivity index (χ1n) is 6.61. The highest BCUT2D eigenvalue weighted by atomic mass is 35.5. The van der Waals surface area contributed by atoms with Crippen LogP contribution in [0.5, 0.6) is 0 Å². The summed E-state index contributed by atoms with van der Waals surface area (Å²) in [5.74, 6) is -0.403. The van der Waals surface area contributed by atoms with Crippen LogP contribution in [0, 0.1) is 19.7 Å². The van der Waals surface area contributed by atoms with E-state index in [1.54, 1.807) is 6.07 Å². The Balaban J connectivity index is 2.35. The minimum Gasteiger partial charge on any atom is -0.321 e. The summed E-state index contributed by atoms with van der Waals surface area (Å²) < 4.78 is 13.5. The van der Waals surface area contributed by atoms with Crippen LogP contribution in [-0.2, 0) is 12.0 Å². The van der Waals surface area contributed by atoms with E-state index >= 15 is 0 Å². The number of halogens is 2. The van der Waals surface area contributed by atoms with Crippen LogP contribution in [-0.4, -0.2) is 0 Å². The summed E-state index contributed by atoms with van der Waals surface area (Å²) in [7, 11) is 0. The minimum atomic E-state index is -0.587. The normalized spacial score (nSPS) is 14.1. The number of rotatable bonds is 3. The molecule has 0 aliphatic rings. The Labute approximate surface area is 124 Å². The van der Waals surface area contributed by atoms with Gasteiger partial charge in [0.2, 0.25) is 0 Å². The van der Waals surface area contributed by atoms with Gasteiger partial charge in [0, 0.05) is 5.54 Å². The van der Waals surface area contributed by atoms with Crippen LogP contribution >= 0.6 is 11.6 Å². The lowest BCUT2D eigenvalue weighted by Crippen LogP contribution is -2.35. The first-order chi connectivity index (χ1) is 9.31. The van der Waals surface area contributed by atoms with Crippen LogP contribution in [0.25, 0.3) is 0 Å². The molecule has 0 aliphatic carbocycles. The van der Waals surface area contributed by atoms with Gasteiger partial charge in [0.15, 0.2) is 0 Å². The number of hydrogen-bond donors (Lipinski definition) is 1. The quantitative estimate of drug-likeness (QED) is 0.884. The predicted octanol–water partition coefficient (Wildman–Crippen LogP) is 4.51. The smallest absolute Gasteiger partial charge is 0.142 e. The van der Waals surface area contributed by atoms with Crippen molar-refractivity contribution in [1.82, 2.24) is 0 Å². The molecule has 0 bridgehead atoms. The van der Waals surface area contributed by atoms with E-state index in [2.05, 4.69) is 26.0 Å². The third-order valence-corrected chi connectivity index (χ3v) is 4.18. The topological polar surface area (TPSA) is 26.0 Å². The Bertz CT molecular complexity index is 635. The molecular formula is C17H19ClFN. The zero-order valence-corrected chi connectivity index (χ0v) is 12.8. The van der Waals surface area contributed by atoms with Gasteiger partial charge >= 0.3 is 0 Å². The Morgan fingerprint density at radius 3 is 2.50 bits per heavy atom. The Morgan fingerprint density at radius 2 is 1.85 bits per heavy atom. The largest absolute Gasteiger partial charge is 0.321 e. The molecule has 106 valence electrons. The van der Waals surface area contributed by atoms with Gasteiger partial charge in [0.25, 0.3) is 0 Å². The number of aryl methyl sites for hydroxylation is 2. The van der Waals surface area contributed by atoms with E-state index < -0.39 is 11.4 Å².